The number of hydrogen-bond donors (Lipinski definition) is 1. The first-order valence-electron chi connectivity index (χ1n) is 12.1. The lowest BCUT2D eigenvalue weighted by molar-refractivity contribution is -0.274. The number of carbonyl (C=O) groups is 1. The Morgan fingerprint density at radius 1 is 1.13 bits per heavy atom. The average molecular weight is 575 g/mol. The van der Waals surface area contributed by atoms with Gasteiger partial charge >= 0.3 is 12.4 Å². The fourth-order valence-corrected chi connectivity index (χ4v) is 5.22. The van der Waals surface area contributed by atoms with E-state index in [1.54, 1.807) is 35.0 Å². The van der Waals surface area contributed by atoms with Gasteiger partial charge in [-0.2, -0.15) is 0 Å². The predicted molar refractivity (Wildman–Crippen MR) is 145 cm³/mol. The largest absolute Gasteiger partial charge is 0.573 e. The van der Waals surface area contributed by atoms with Gasteiger partial charge in [0.15, 0.2) is 0 Å². The lowest BCUT2D eigenvalue weighted by atomic mass is 10.0. The highest BCUT2D eigenvalue weighted by atomic mass is 35.5. The molecule has 0 radical (unpaired) electrons. The van der Waals surface area contributed by atoms with Crippen LogP contribution in [0.15, 0.2) is 66.9 Å². The first-order chi connectivity index (χ1) is 18.7. The number of aromatic nitrogens is 2. The van der Waals surface area contributed by atoms with Crippen molar-refractivity contribution in [3.63, 3.8) is 0 Å². The summed E-state index contributed by atoms with van der Waals surface area (Å²) in [5, 5.41) is 4.76. The number of carbonyl (C=O) groups excluding carboxylic acids is 1. The molecule has 0 saturated heterocycles. The Morgan fingerprint density at radius 3 is 2.67 bits per heavy atom. The van der Waals surface area contributed by atoms with Gasteiger partial charge in [0, 0.05) is 49.9 Å². The molecule has 0 saturated carbocycles. The van der Waals surface area contributed by atoms with E-state index in [1.165, 1.54) is 12.1 Å². The van der Waals surface area contributed by atoms with E-state index in [9.17, 15) is 18.0 Å². The number of ether oxygens (including phenoxy) is 1. The minimum atomic E-state index is -4.72. The lowest BCUT2D eigenvalue weighted by Gasteiger charge is -2.27. The molecular formula is C28H23Cl2F3N4O2. The van der Waals surface area contributed by atoms with Gasteiger partial charge < -0.3 is 10.1 Å². The minimum Gasteiger partial charge on any atom is -0.406 e. The summed E-state index contributed by atoms with van der Waals surface area (Å²) in [5.41, 5.74) is 4.27. The number of amides is 1. The summed E-state index contributed by atoms with van der Waals surface area (Å²) in [6, 6.07) is 14.5. The molecule has 6 nitrogen and oxygen atoms in total. The Balaban J connectivity index is 1.31. The molecule has 1 aliphatic heterocycles. The van der Waals surface area contributed by atoms with Crippen LogP contribution in [0.1, 0.15) is 22.4 Å². The van der Waals surface area contributed by atoms with Crippen molar-refractivity contribution in [3.05, 3.63) is 99.4 Å². The molecule has 39 heavy (non-hydrogen) atoms. The highest BCUT2D eigenvalue weighted by Crippen LogP contribution is 2.35. The van der Waals surface area contributed by atoms with Crippen LogP contribution >= 0.6 is 23.2 Å². The Labute approximate surface area is 232 Å². The van der Waals surface area contributed by atoms with Gasteiger partial charge in [0.25, 0.3) is 0 Å². The monoisotopic (exact) mass is 574 g/mol. The van der Waals surface area contributed by atoms with E-state index in [2.05, 4.69) is 19.9 Å². The molecule has 4 aromatic rings. The van der Waals surface area contributed by atoms with Gasteiger partial charge in [-0.15, -0.1) is 13.2 Å². The van der Waals surface area contributed by atoms with Gasteiger partial charge in [-0.25, -0.2) is 9.78 Å². The fourth-order valence-electron chi connectivity index (χ4n) is 4.74. The molecule has 1 N–H and O–H groups in total. The smallest absolute Gasteiger partial charge is 0.406 e. The Morgan fingerprint density at radius 2 is 1.92 bits per heavy atom. The third-order valence-electron chi connectivity index (χ3n) is 6.42. The lowest BCUT2D eigenvalue weighted by Crippen LogP contribution is -2.34. The maximum Gasteiger partial charge on any atom is 0.573 e. The van der Waals surface area contributed by atoms with Crippen molar-refractivity contribution >= 4 is 46.2 Å². The molecule has 202 valence electrons. The molecule has 11 heteroatoms. The maximum absolute atomic E-state index is 13.3. The van der Waals surface area contributed by atoms with Crippen LogP contribution in [0.25, 0.3) is 17.0 Å². The van der Waals surface area contributed by atoms with Crippen molar-refractivity contribution in [1.29, 1.82) is 0 Å². The summed E-state index contributed by atoms with van der Waals surface area (Å²) in [5.74, 6) is -0.259. The summed E-state index contributed by atoms with van der Waals surface area (Å²) in [4.78, 5) is 19.5. The van der Waals surface area contributed by atoms with E-state index < -0.39 is 6.36 Å². The quantitative estimate of drug-likeness (QED) is 0.250. The highest BCUT2D eigenvalue weighted by Gasteiger charge is 2.31. The predicted octanol–water partition coefficient (Wildman–Crippen LogP) is 7.07. The van der Waals surface area contributed by atoms with Gasteiger partial charge in [0.1, 0.15) is 10.9 Å². The van der Waals surface area contributed by atoms with Crippen LogP contribution in [0.2, 0.25) is 10.2 Å². The SMILES string of the molecule is O=C(NCc1ccnc(Cl)c1)n1c2c(c3c(Cl)cccc31)CN(CC=Cc1ccc(OC(F)(F)F)cc1)CC2. The molecule has 1 aliphatic rings. The third-order valence-corrected chi connectivity index (χ3v) is 6.95. The molecule has 0 atom stereocenters. The summed E-state index contributed by atoms with van der Waals surface area (Å²) in [6.07, 6.45) is 1.33. The number of rotatable bonds is 6. The van der Waals surface area contributed by atoms with Crippen LogP contribution < -0.4 is 10.1 Å². The number of hydrogen-bond acceptors (Lipinski definition) is 4. The molecule has 0 bridgehead atoms. The van der Waals surface area contributed by atoms with Crippen LogP contribution in [0.4, 0.5) is 18.0 Å². The number of benzene rings is 2. The second-order valence-electron chi connectivity index (χ2n) is 9.04. The molecule has 0 fully saturated rings. The molecular weight excluding hydrogens is 552 g/mol. The summed E-state index contributed by atoms with van der Waals surface area (Å²) >= 11 is 12.6. The van der Waals surface area contributed by atoms with Crippen LogP contribution in [-0.2, 0) is 19.5 Å². The number of pyridine rings is 1. The first-order valence-corrected chi connectivity index (χ1v) is 12.9. The number of nitrogens with one attached hydrogen (secondary N) is 1. The Kier molecular flexibility index (Phi) is 7.83. The van der Waals surface area contributed by atoms with Crippen molar-refractivity contribution < 1.29 is 22.7 Å². The van der Waals surface area contributed by atoms with Crippen LogP contribution in [0, 0.1) is 0 Å². The number of halogens is 5. The molecule has 1 amide bonds. The zero-order valence-corrected chi connectivity index (χ0v) is 22.0. The van der Waals surface area contributed by atoms with E-state index in [0.29, 0.717) is 36.2 Å². The normalized spacial score (nSPS) is 14.1. The number of fused-ring (bicyclic) bond motifs is 3. The standard InChI is InChI=1S/C28H23Cl2F3N4O2/c29-22-4-1-5-24-26(22)21-17-36(13-2-3-18-6-8-20(9-7-18)39-28(31,32)33)14-11-23(21)37(24)27(38)35-16-19-10-12-34-25(30)15-19/h1-10,12,15H,11,13-14,16-17H2,(H,35,38). The average Bonchev–Trinajstić information content (AvgIpc) is 3.22. The van der Waals surface area contributed by atoms with Gasteiger partial charge in [-0.1, -0.05) is 53.6 Å². The molecule has 0 unspecified atom stereocenters. The van der Waals surface area contributed by atoms with Crippen molar-refractivity contribution in [2.24, 2.45) is 0 Å². The first kappa shape index (κ1) is 27.1. The molecule has 2 aromatic carbocycles. The zero-order valence-electron chi connectivity index (χ0n) is 20.5. The minimum absolute atomic E-state index is 0.247. The van der Waals surface area contributed by atoms with Crippen molar-refractivity contribution in [3.8, 4) is 5.75 Å². The summed E-state index contributed by atoms with van der Waals surface area (Å²) in [7, 11) is 0. The Hall–Kier alpha value is -3.53. The Bertz CT molecular complexity index is 1530. The van der Waals surface area contributed by atoms with Gasteiger partial charge in [0.2, 0.25) is 0 Å². The van der Waals surface area contributed by atoms with Gasteiger partial charge in [-0.05, 0) is 53.1 Å². The van der Waals surface area contributed by atoms with Gasteiger partial charge in [-0.3, -0.25) is 9.47 Å². The summed E-state index contributed by atoms with van der Waals surface area (Å²) < 4.78 is 42.7. The third kappa shape index (κ3) is 6.38. The van der Waals surface area contributed by atoms with Crippen molar-refractivity contribution in [2.75, 3.05) is 13.1 Å². The zero-order chi connectivity index (χ0) is 27.6. The highest BCUT2D eigenvalue weighted by molar-refractivity contribution is 6.36. The van der Waals surface area contributed by atoms with E-state index in [4.69, 9.17) is 23.2 Å². The second-order valence-corrected chi connectivity index (χ2v) is 9.84. The fraction of sp³-hybridized carbons (Fsp3) is 0.214. The van der Waals surface area contributed by atoms with Crippen LogP contribution in [0.3, 0.4) is 0 Å². The van der Waals surface area contributed by atoms with Gasteiger partial charge in [0.05, 0.1) is 10.5 Å². The second kappa shape index (κ2) is 11.3. The van der Waals surface area contributed by atoms with Crippen molar-refractivity contribution in [2.45, 2.75) is 25.9 Å². The number of alkyl halides is 3. The van der Waals surface area contributed by atoms with E-state index in [1.807, 2.05) is 30.4 Å². The van der Waals surface area contributed by atoms with Crippen LogP contribution in [-0.4, -0.2) is 39.9 Å². The molecule has 5 rings (SSSR count). The molecule has 3 heterocycles. The molecule has 0 aliphatic carbocycles. The maximum atomic E-state index is 13.3. The van der Waals surface area contributed by atoms with E-state index in [-0.39, 0.29) is 11.8 Å². The van der Waals surface area contributed by atoms with Crippen molar-refractivity contribution in [1.82, 2.24) is 19.8 Å². The topological polar surface area (TPSA) is 59.4 Å². The van der Waals surface area contributed by atoms with Crippen LogP contribution in [0.5, 0.6) is 5.75 Å². The van der Waals surface area contributed by atoms with E-state index in [0.717, 1.165) is 39.8 Å². The molecule has 2 aromatic heterocycles. The molecule has 0 spiro atoms. The summed E-state index contributed by atoms with van der Waals surface area (Å²) in [6.45, 7) is 2.23. The van der Waals surface area contributed by atoms with E-state index >= 15 is 0 Å². The number of nitrogens with zero attached hydrogens (tertiary/aromatic N) is 3.